The molecular weight excluding hydrogens is 226 g/mol. The molecule has 0 amide bonds. The normalized spacial score (nSPS) is 13.7. The van der Waals surface area contributed by atoms with Crippen LogP contribution in [-0.2, 0) is 5.41 Å². The molecule has 0 saturated carbocycles. The van der Waals surface area contributed by atoms with Crippen molar-refractivity contribution in [1.82, 2.24) is 4.90 Å². The second-order valence-electron chi connectivity index (χ2n) is 6.00. The molecule has 0 fully saturated rings. The number of rotatable bonds is 5. The fraction of sp³-hybridized carbons (Fsp3) is 0.600. The molecule has 1 rings (SSSR count). The molecule has 102 valence electrons. The van der Waals surface area contributed by atoms with Crippen molar-refractivity contribution < 1.29 is 9.84 Å². The smallest absolute Gasteiger partial charge is 0.119 e. The van der Waals surface area contributed by atoms with Crippen LogP contribution in [0, 0.1) is 0 Å². The molecule has 1 aromatic rings. The maximum Gasteiger partial charge on any atom is 0.119 e. The molecule has 0 unspecified atom stereocenters. The van der Waals surface area contributed by atoms with Gasteiger partial charge in [0.15, 0.2) is 0 Å². The fourth-order valence-electron chi connectivity index (χ4n) is 1.72. The zero-order chi connectivity index (χ0) is 13.8. The van der Waals surface area contributed by atoms with Gasteiger partial charge in [-0.2, -0.15) is 0 Å². The molecule has 1 N–H and O–H groups in total. The molecule has 0 aliphatic rings. The minimum atomic E-state index is -0.456. The van der Waals surface area contributed by atoms with Gasteiger partial charge in [-0.3, -0.25) is 0 Å². The van der Waals surface area contributed by atoms with E-state index in [1.54, 1.807) is 0 Å². The molecule has 0 heterocycles. The first kappa shape index (κ1) is 15.0. The maximum atomic E-state index is 9.70. The van der Waals surface area contributed by atoms with Crippen molar-refractivity contribution in [2.24, 2.45) is 0 Å². The molecule has 0 radical (unpaired) electrons. The average Bonchev–Trinajstić information content (AvgIpc) is 2.25. The SMILES string of the molecule is CN(C)C[C@H](O)COc1ccc(C(C)(C)C)cc1. The van der Waals surface area contributed by atoms with Gasteiger partial charge >= 0.3 is 0 Å². The highest BCUT2D eigenvalue weighted by Crippen LogP contribution is 2.24. The van der Waals surface area contributed by atoms with Gasteiger partial charge in [-0.15, -0.1) is 0 Å². The van der Waals surface area contributed by atoms with Crippen molar-refractivity contribution in [3.63, 3.8) is 0 Å². The number of nitrogens with zero attached hydrogens (tertiary/aromatic N) is 1. The largest absolute Gasteiger partial charge is 0.491 e. The Morgan fingerprint density at radius 3 is 2.17 bits per heavy atom. The van der Waals surface area contributed by atoms with Gasteiger partial charge in [0.1, 0.15) is 18.5 Å². The van der Waals surface area contributed by atoms with Gasteiger partial charge in [-0.25, -0.2) is 0 Å². The maximum absolute atomic E-state index is 9.70. The summed E-state index contributed by atoms with van der Waals surface area (Å²) in [6.45, 7) is 7.49. The summed E-state index contributed by atoms with van der Waals surface area (Å²) in [5, 5.41) is 9.70. The van der Waals surface area contributed by atoms with Gasteiger partial charge in [0.2, 0.25) is 0 Å². The summed E-state index contributed by atoms with van der Waals surface area (Å²) in [5.74, 6) is 0.806. The second kappa shape index (κ2) is 6.21. The Kier molecular flexibility index (Phi) is 5.17. The van der Waals surface area contributed by atoms with Crippen LogP contribution in [0.4, 0.5) is 0 Å². The molecule has 0 saturated heterocycles. The summed E-state index contributed by atoms with van der Waals surface area (Å²) < 4.78 is 5.56. The third-order valence-corrected chi connectivity index (χ3v) is 2.74. The van der Waals surface area contributed by atoms with E-state index < -0.39 is 6.10 Å². The molecular formula is C15H25NO2. The van der Waals surface area contributed by atoms with Crippen LogP contribution in [0.15, 0.2) is 24.3 Å². The zero-order valence-electron chi connectivity index (χ0n) is 12.1. The number of hydrogen-bond acceptors (Lipinski definition) is 3. The predicted octanol–water partition coefficient (Wildman–Crippen LogP) is 2.29. The van der Waals surface area contributed by atoms with Crippen LogP contribution in [0.25, 0.3) is 0 Å². The van der Waals surface area contributed by atoms with Gasteiger partial charge in [-0.1, -0.05) is 32.9 Å². The van der Waals surface area contributed by atoms with E-state index in [1.807, 2.05) is 31.1 Å². The highest BCUT2D eigenvalue weighted by atomic mass is 16.5. The second-order valence-corrected chi connectivity index (χ2v) is 6.00. The molecule has 3 nitrogen and oxygen atoms in total. The lowest BCUT2D eigenvalue weighted by Crippen LogP contribution is -2.30. The van der Waals surface area contributed by atoms with E-state index in [-0.39, 0.29) is 5.41 Å². The van der Waals surface area contributed by atoms with E-state index >= 15 is 0 Å². The molecule has 0 spiro atoms. The Bertz CT molecular complexity index is 352. The molecule has 0 bridgehead atoms. The quantitative estimate of drug-likeness (QED) is 0.871. The minimum Gasteiger partial charge on any atom is -0.491 e. The van der Waals surface area contributed by atoms with E-state index in [4.69, 9.17) is 4.74 Å². The number of aliphatic hydroxyl groups excluding tert-OH is 1. The van der Waals surface area contributed by atoms with Gasteiger partial charge in [-0.05, 0) is 37.2 Å². The van der Waals surface area contributed by atoms with Crippen LogP contribution in [0.5, 0.6) is 5.75 Å². The highest BCUT2D eigenvalue weighted by molar-refractivity contribution is 5.31. The summed E-state index contributed by atoms with van der Waals surface area (Å²) in [5.41, 5.74) is 1.44. The first-order valence-electron chi connectivity index (χ1n) is 6.35. The van der Waals surface area contributed by atoms with Gasteiger partial charge < -0.3 is 14.7 Å². The monoisotopic (exact) mass is 251 g/mol. The number of hydrogen-bond donors (Lipinski definition) is 1. The Hall–Kier alpha value is -1.06. The van der Waals surface area contributed by atoms with Crippen LogP contribution >= 0.6 is 0 Å². The van der Waals surface area contributed by atoms with E-state index in [2.05, 4.69) is 32.9 Å². The lowest BCUT2D eigenvalue weighted by atomic mass is 9.87. The average molecular weight is 251 g/mol. The van der Waals surface area contributed by atoms with E-state index in [9.17, 15) is 5.11 Å². The standard InChI is InChI=1S/C15H25NO2/c1-15(2,3)12-6-8-14(9-7-12)18-11-13(17)10-16(4)5/h6-9,13,17H,10-11H2,1-5H3/t13-/m0/s1. The third-order valence-electron chi connectivity index (χ3n) is 2.74. The van der Waals surface area contributed by atoms with Crippen molar-refractivity contribution in [3.8, 4) is 5.75 Å². The van der Waals surface area contributed by atoms with Crippen molar-refractivity contribution in [3.05, 3.63) is 29.8 Å². The van der Waals surface area contributed by atoms with E-state index in [1.165, 1.54) is 5.56 Å². The van der Waals surface area contributed by atoms with Crippen molar-refractivity contribution in [2.75, 3.05) is 27.2 Å². The molecule has 0 aromatic heterocycles. The van der Waals surface area contributed by atoms with Crippen LogP contribution in [-0.4, -0.2) is 43.4 Å². The third kappa shape index (κ3) is 5.07. The lowest BCUT2D eigenvalue weighted by Gasteiger charge is -2.20. The number of ether oxygens (including phenoxy) is 1. The molecule has 1 atom stereocenters. The predicted molar refractivity (Wildman–Crippen MR) is 75.2 cm³/mol. The molecule has 0 aliphatic carbocycles. The van der Waals surface area contributed by atoms with Gasteiger partial charge in [0.25, 0.3) is 0 Å². The van der Waals surface area contributed by atoms with E-state index in [0.717, 1.165) is 5.75 Å². The first-order chi connectivity index (χ1) is 8.29. The molecule has 1 aromatic carbocycles. The van der Waals surface area contributed by atoms with E-state index in [0.29, 0.717) is 13.2 Å². The topological polar surface area (TPSA) is 32.7 Å². The molecule has 3 heteroatoms. The van der Waals surface area contributed by atoms with Crippen LogP contribution in [0.3, 0.4) is 0 Å². The first-order valence-corrected chi connectivity index (χ1v) is 6.35. The van der Waals surface area contributed by atoms with Gasteiger partial charge in [0.05, 0.1) is 0 Å². The summed E-state index contributed by atoms with van der Waals surface area (Å²) >= 11 is 0. The van der Waals surface area contributed by atoms with Crippen LogP contribution < -0.4 is 4.74 Å². The summed E-state index contributed by atoms with van der Waals surface area (Å²) in [4.78, 5) is 1.94. The van der Waals surface area contributed by atoms with Crippen molar-refractivity contribution in [1.29, 1.82) is 0 Å². The van der Waals surface area contributed by atoms with Crippen LogP contribution in [0.2, 0.25) is 0 Å². The summed E-state index contributed by atoms with van der Waals surface area (Å²) in [6, 6.07) is 8.08. The number of likely N-dealkylation sites (N-methyl/N-ethyl adjacent to an activating group) is 1. The zero-order valence-corrected chi connectivity index (χ0v) is 12.1. The van der Waals surface area contributed by atoms with Crippen molar-refractivity contribution in [2.45, 2.75) is 32.3 Å². The molecule has 0 aliphatic heterocycles. The fourth-order valence-corrected chi connectivity index (χ4v) is 1.72. The van der Waals surface area contributed by atoms with Gasteiger partial charge in [0, 0.05) is 6.54 Å². The number of aliphatic hydroxyl groups is 1. The highest BCUT2D eigenvalue weighted by Gasteiger charge is 2.13. The lowest BCUT2D eigenvalue weighted by molar-refractivity contribution is 0.0831. The summed E-state index contributed by atoms with van der Waals surface area (Å²) in [6.07, 6.45) is -0.456. The Balaban J connectivity index is 2.49. The van der Waals surface area contributed by atoms with Crippen molar-refractivity contribution >= 4 is 0 Å². The Morgan fingerprint density at radius 1 is 1.17 bits per heavy atom. The summed E-state index contributed by atoms with van der Waals surface area (Å²) in [7, 11) is 3.86. The molecule has 18 heavy (non-hydrogen) atoms. The number of benzene rings is 1. The minimum absolute atomic E-state index is 0.156. The Labute approximate surface area is 110 Å². The Morgan fingerprint density at radius 2 is 1.72 bits per heavy atom. The van der Waals surface area contributed by atoms with Crippen LogP contribution in [0.1, 0.15) is 26.3 Å².